The Morgan fingerprint density at radius 3 is 2.61 bits per heavy atom. The molecule has 1 amide bonds. The van der Waals surface area contributed by atoms with Crippen LogP contribution in [-0.4, -0.2) is 23.6 Å². The quantitative estimate of drug-likeness (QED) is 0.735. The SMILES string of the molecule is CC(Nc1cccc(CO)c1)C(=O)NCCc1ccc(F)cc1. The van der Waals surface area contributed by atoms with Gasteiger partial charge in [0.05, 0.1) is 6.61 Å². The molecule has 0 aliphatic heterocycles. The Balaban J connectivity index is 1.79. The van der Waals surface area contributed by atoms with Crippen LogP contribution in [0.25, 0.3) is 0 Å². The van der Waals surface area contributed by atoms with Crippen molar-refractivity contribution in [1.29, 1.82) is 0 Å². The number of halogens is 1. The normalized spacial score (nSPS) is 11.8. The Hall–Kier alpha value is -2.40. The van der Waals surface area contributed by atoms with E-state index in [2.05, 4.69) is 10.6 Å². The number of rotatable bonds is 7. The zero-order valence-corrected chi connectivity index (χ0v) is 13.1. The lowest BCUT2D eigenvalue weighted by atomic mass is 10.1. The summed E-state index contributed by atoms with van der Waals surface area (Å²) in [5.74, 6) is -0.373. The molecule has 2 aromatic rings. The second-order valence-electron chi connectivity index (χ2n) is 5.39. The van der Waals surface area contributed by atoms with Crippen LogP contribution < -0.4 is 10.6 Å². The third kappa shape index (κ3) is 5.38. The van der Waals surface area contributed by atoms with Gasteiger partial charge in [0, 0.05) is 12.2 Å². The van der Waals surface area contributed by atoms with Crippen molar-refractivity contribution in [3.8, 4) is 0 Å². The van der Waals surface area contributed by atoms with Crippen LogP contribution in [0.3, 0.4) is 0 Å². The van der Waals surface area contributed by atoms with Crippen LogP contribution in [0.5, 0.6) is 0 Å². The Bertz CT molecular complexity index is 644. The molecule has 2 rings (SSSR count). The summed E-state index contributed by atoms with van der Waals surface area (Å²) in [6.45, 7) is 2.24. The van der Waals surface area contributed by atoms with E-state index in [0.29, 0.717) is 13.0 Å². The van der Waals surface area contributed by atoms with E-state index in [9.17, 15) is 9.18 Å². The number of amides is 1. The minimum Gasteiger partial charge on any atom is -0.392 e. The van der Waals surface area contributed by atoms with Crippen LogP contribution in [0.4, 0.5) is 10.1 Å². The summed E-state index contributed by atoms with van der Waals surface area (Å²) < 4.78 is 12.8. The molecule has 0 bridgehead atoms. The second kappa shape index (κ2) is 8.29. The average molecular weight is 316 g/mol. The maximum Gasteiger partial charge on any atom is 0.242 e. The van der Waals surface area contributed by atoms with Crippen molar-refractivity contribution in [2.75, 3.05) is 11.9 Å². The maximum atomic E-state index is 12.8. The van der Waals surface area contributed by atoms with Gasteiger partial charge in [-0.2, -0.15) is 0 Å². The van der Waals surface area contributed by atoms with Gasteiger partial charge in [0.1, 0.15) is 11.9 Å². The summed E-state index contributed by atoms with van der Waals surface area (Å²) in [4.78, 5) is 12.1. The van der Waals surface area contributed by atoms with Gasteiger partial charge in [-0.15, -0.1) is 0 Å². The molecule has 0 heterocycles. The Morgan fingerprint density at radius 1 is 1.17 bits per heavy atom. The summed E-state index contributed by atoms with van der Waals surface area (Å²) in [5.41, 5.74) is 2.56. The molecule has 0 fully saturated rings. The van der Waals surface area contributed by atoms with Crippen LogP contribution in [0, 0.1) is 5.82 Å². The first-order chi connectivity index (χ1) is 11.1. The van der Waals surface area contributed by atoms with Gasteiger partial charge in [-0.25, -0.2) is 4.39 Å². The first-order valence-electron chi connectivity index (χ1n) is 7.57. The lowest BCUT2D eigenvalue weighted by Crippen LogP contribution is -2.38. The smallest absolute Gasteiger partial charge is 0.242 e. The number of hydrogen-bond acceptors (Lipinski definition) is 3. The fourth-order valence-electron chi connectivity index (χ4n) is 2.21. The van der Waals surface area contributed by atoms with E-state index in [1.807, 2.05) is 24.3 Å². The molecule has 5 heteroatoms. The van der Waals surface area contributed by atoms with Crippen LogP contribution in [0.1, 0.15) is 18.1 Å². The predicted molar refractivity (Wildman–Crippen MR) is 88.6 cm³/mol. The number of aliphatic hydroxyl groups is 1. The van der Waals surface area contributed by atoms with Crippen molar-refractivity contribution in [1.82, 2.24) is 5.32 Å². The zero-order valence-electron chi connectivity index (χ0n) is 13.1. The molecule has 2 aromatic carbocycles. The van der Waals surface area contributed by atoms with Crippen molar-refractivity contribution >= 4 is 11.6 Å². The van der Waals surface area contributed by atoms with Crippen molar-refractivity contribution in [3.05, 3.63) is 65.5 Å². The van der Waals surface area contributed by atoms with Gasteiger partial charge in [0.2, 0.25) is 5.91 Å². The molecule has 0 spiro atoms. The van der Waals surface area contributed by atoms with Crippen LogP contribution in [0.15, 0.2) is 48.5 Å². The van der Waals surface area contributed by atoms with Crippen LogP contribution >= 0.6 is 0 Å². The van der Waals surface area contributed by atoms with E-state index in [1.165, 1.54) is 12.1 Å². The second-order valence-corrected chi connectivity index (χ2v) is 5.39. The average Bonchev–Trinajstić information content (AvgIpc) is 2.56. The maximum absolute atomic E-state index is 12.8. The van der Waals surface area contributed by atoms with Crippen molar-refractivity contribution in [2.24, 2.45) is 0 Å². The van der Waals surface area contributed by atoms with Crippen molar-refractivity contribution in [3.63, 3.8) is 0 Å². The highest BCUT2D eigenvalue weighted by molar-refractivity contribution is 5.84. The largest absolute Gasteiger partial charge is 0.392 e. The van der Waals surface area contributed by atoms with Crippen molar-refractivity contribution in [2.45, 2.75) is 26.0 Å². The summed E-state index contributed by atoms with van der Waals surface area (Å²) >= 11 is 0. The van der Waals surface area contributed by atoms with E-state index in [1.54, 1.807) is 19.1 Å². The minimum atomic E-state index is -0.392. The third-order valence-electron chi connectivity index (χ3n) is 3.51. The van der Waals surface area contributed by atoms with E-state index in [4.69, 9.17) is 5.11 Å². The fraction of sp³-hybridized carbons (Fsp3) is 0.278. The topological polar surface area (TPSA) is 61.4 Å². The molecule has 0 aromatic heterocycles. The summed E-state index contributed by atoms with van der Waals surface area (Å²) in [7, 11) is 0. The fourth-order valence-corrected chi connectivity index (χ4v) is 2.21. The van der Waals surface area contributed by atoms with Gasteiger partial charge in [-0.05, 0) is 48.7 Å². The summed E-state index contributed by atoms with van der Waals surface area (Å²) in [5, 5.41) is 15.1. The van der Waals surface area contributed by atoms with Gasteiger partial charge in [0.25, 0.3) is 0 Å². The molecule has 0 saturated carbocycles. The highest BCUT2D eigenvalue weighted by Gasteiger charge is 2.12. The lowest BCUT2D eigenvalue weighted by molar-refractivity contribution is -0.121. The molecular weight excluding hydrogens is 295 g/mol. The number of hydrogen-bond donors (Lipinski definition) is 3. The number of benzene rings is 2. The van der Waals surface area contributed by atoms with Gasteiger partial charge in [0.15, 0.2) is 0 Å². The highest BCUT2D eigenvalue weighted by Crippen LogP contribution is 2.11. The molecule has 0 aliphatic carbocycles. The molecule has 1 atom stereocenters. The van der Waals surface area contributed by atoms with E-state index >= 15 is 0 Å². The van der Waals surface area contributed by atoms with E-state index < -0.39 is 6.04 Å². The Labute approximate surface area is 135 Å². The Morgan fingerprint density at radius 2 is 1.91 bits per heavy atom. The number of aliphatic hydroxyl groups excluding tert-OH is 1. The molecule has 122 valence electrons. The zero-order chi connectivity index (χ0) is 16.7. The predicted octanol–water partition coefficient (Wildman–Crippen LogP) is 2.48. The van der Waals surface area contributed by atoms with Gasteiger partial charge < -0.3 is 15.7 Å². The van der Waals surface area contributed by atoms with Gasteiger partial charge in [-0.3, -0.25) is 4.79 Å². The minimum absolute atomic E-state index is 0.0340. The van der Waals surface area contributed by atoms with Crippen LogP contribution in [0.2, 0.25) is 0 Å². The third-order valence-corrected chi connectivity index (χ3v) is 3.51. The molecule has 0 aliphatic rings. The molecule has 0 saturated heterocycles. The van der Waals surface area contributed by atoms with E-state index in [-0.39, 0.29) is 18.3 Å². The van der Waals surface area contributed by atoms with Crippen LogP contribution in [-0.2, 0) is 17.8 Å². The lowest BCUT2D eigenvalue weighted by Gasteiger charge is -2.16. The monoisotopic (exact) mass is 316 g/mol. The number of carbonyl (C=O) groups excluding carboxylic acids is 1. The number of carbonyl (C=O) groups is 1. The number of anilines is 1. The molecule has 4 nitrogen and oxygen atoms in total. The standard InChI is InChI=1S/C18H21FN2O2/c1-13(21-17-4-2-3-15(11-17)12-22)18(23)20-10-9-14-5-7-16(19)8-6-14/h2-8,11,13,21-22H,9-10,12H2,1H3,(H,20,23). The summed E-state index contributed by atoms with van der Waals surface area (Å²) in [6.07, 6.45) is 0.652. The molecule has 1 unspecified atom stereocenters. The first kappa shape index (κ1) is 17.0. The summed E-state index contributed by atoms with van der Waals surface area (Å²) in [6, 6.07) is 13.2. The molecule has 0 radical (unpaired) electrons. The first-order valence-corrected chi connectivity index (χ1v) is 7.57. The van der Waals surface area contributed by atoms with Crippen molar-refractivity contribution < 1.29 is 14.3 Å². The Kier molecular flexibility index (Phi) is 6.11. The molecular formula is C18H21FN2O2. The van der Waals surface area contributed by atoms with Gasteiger partial charge in [-0.1, -0.05) is 24.3 Å². The highest BCUT2D eigenvalue weighted by atomic mass is 19.1. The number of nitrogens with one attached hydrogen (secondary N) is 2. The van der Waals surface area contributed by atoms with Gasteiger partial charge >= 0.3 is 0 Å². The molecule has 3 N–H and O–H groups in total. The van der Waals surface area contributed by atoms with E-state index in [0.717, 1.165) is 16.8 Å². The molecule has 23 heavy (non-hydrogen) atoms.